The topological polar surface area (TPSA) is 111 Å². The second-order valence-corrected chi connectivity index (χ2v) is 9.37. The molecule has 10 heteroatoms. The summed E-state index contributed by atoms with van der Waals surface area (Å²) in [7, 11) is 1.26. The van der Waals surface area contributed by atoms with Crippen molar-refractivity contribution in [1.82, 2.24) is 10.2 Å². The first-order chi connectivity index (χ1) is 17.8. The van der Waals surface area contributed by atoms with E-state index in [-0.39, 0.29) is 35.3 Å². The first kappa shape index (κ1) is 28.9. The van der Waals surface area contributed by atoms with Crippen LogP contribution in [0.4, 0.5) is 5.69 Å². The van der Waals surface area contributed by atoms with Gasteiger partial charge in [0.15, 0.2) is 0 Å². The number of hydrogen-bond acceptors (Lipinski definition) is 8. The maximum absolute atomic E-state index is 13.7. The number of allylic oxidation sites excluding steroid dienone is 2. The molecule has 2 aromatic carbocycles. The standard InChI is InChI=1S/C28H31N3O6.ClH/c1-18-24(27(32)36-3)26(21-11-7-12-22(15-21)31(34)35)25(19(2)29-18)28(33)37-23-13-8-14-30(17-23)16-20-9-5-4-6-10-20;/h4-7,9-12,15,23,26,29H,8,13-14,16-17H2,1-3H3;1H/p-1. The van der Waals surface area contributed by atoms with Crippen LogP contribution in [0.15, 0.2) is 77.1 Å². The fourth-order valence-electron chi connectivity index (χ4n) is 5.11. The van der Waals surface area contributed by atoms with E-state index >= 15 is 0 Å². The summed E-state index contributed by atoms with van der Waals surface area (Å²) in [6.45, 7) is 5.73. The Hall–Kier alpha value is -3.69. The Balaban J connectivity index is 0.00000400. The van der Waals surface area contributed by atoms with E-state index in [9.17, 15) is 19.7 Å². The Morgan fingerprint density at radius 2 is 1.74 bits per heavy atom. The first-order valence-corrected chi connectivity index (χ1v) is 12.3. The minimum Gasteiger partial charge on any atom is -1.00 e. The summed E-state index contributed by atoms with van der Waals surface area (Å²) >= 11 is 0. The van der Waals surface area contributed by atoms with Crippen LogP contribution in [-0.4, -0.2) is 48.1 Å². The second kappa shape index (κ2) is 12.7. The number of nitrogens with one attached hydrogen (secondary N) is 1. The molecule has 2 aliphatic heterocycles. The van der Waals surface area contributed by atoms with E-state index in [1.165, 1.54) is 24.8 Å². The highest BCUT2D eigenvalue weighted by molar-refractivity contribution is 6.00. The van der Waals surface area contributed by atoms with Gasteiger partial charge in [-0.2, -0.15) is 0 Å². The zero-order chi connectivity index (χ0) is 26.5. The lowest BCUT2D eigenvalue weighted by atomic mass is 9.80. The molecule has 2 unspecified atom stereocenters. The minimum atomic E-state index is -0.870. The van der Waals surface area contributed by atoms with Crippen molar-refractivity contribution in [3.8, 4) is 0 Å². The molecule has 0 saturated carbocycles. The van der Waals surface area contributed by atoms with Gasteiger partial charge in [-0.05, 0) is 44.4 Å². The fraction of sp³-hybridized carbons (Fsp3) is 0.357. The predicted molar refractivity (Wildman–Crippen MR) is 137 cm³/mol. The van der Waals surface area contributed by atoms with Gasteiger partial charge in [0.1, 0.15) is 6.10 Å². The average molecular weight is 541 g/mol. The van der Waals surface area contributed by atoms with Crippen LogP contribution >= 0.6 is 0 Å². The van der Waals surface area contributed by atoms with Crippen LogP contribution in [-0.2, 0) is 25.6 Å². The van der Waals surface area contributed by atoms with Crippen molar-refractivity contribution >= 4 is 17.6 Å². The third-order valence-electron chi connectivity index (χ3n) is 6.78. The SMILES string of the molecule is COC(=O)C1=C(C)NC(C)=C(C(=O)OC2CCCN(Cc3ccccc3)C2)C1c1cccc([N+](=O)[O-])c1.[Cl-]. The van der Waals surface area contributed by atoms with E-state index in [0.717, 1.165) is 25.9 Å². The number of non-ortho nitro benzene ring substituents is 1. The van der Waals surface area contributed by atoms with Gasteiger partial charge in [0.2, 0.25) is 0 Å². The number of esters is 2. The van der Waals surface area contributed by atoms with Crippen LogP contribution in [0, 0.1) is 10.1 Å². The molecular formula is C28H31ClN3O6-. The number of piperidine rings is 1. The Bertz CT molecular complexity index is 1260. The van der Waals surface area contributed by atoms with Gasteiger partial charge in [0.25, 0.3) is 5.69 Å². The molecule has 38 heavy (non-hydrogen) atoms. The highest BCUT2D eigenvalue weighted by Gasteiger charge is 2.39. The van der Waals surface area contributed by atoms with E-state index in [1.807, 2.05) is 18.2 Å². The largest absolute Gasteiger partial charge is 1.00 e. The van der Waals surface area contributed by atoms with Crippen LogP contribution in [0.1, 0.15) is 43.7 Å². The van der Waals surface area contributed by atoms with Gasteiger partial charge in [-0.1, -0.05) is 42.5 Å². The second-order valence-electron chi connectivity index (χ2n) is 9.37. The zero-order valence-electron chi connectivity index (χ0n) is 21.6. The van der Waals surface area contributed by atoms with Gasteiger partial charge in [0, 0.05) is 36.6 Å². The van der Waals surface area contributed by atoms with Gasteiger partial charge in [-0.15, -0.1) is 0 Å². The number of benzene rings is 2. The number of carbonyl (C=O) groups excluding carboxylic acids is 2. The van der Waals surface area contributed by atoms with Gasteiger partial charge in [0.05, 0.1) is 29.1 Å². The molecule has 1 saturated heterocycles. The van der Waals surface area contributed by atoms with E-state index in [1.54, 1.807) is 26.0 Å². The number of nitro groups is 1. The number of dihydropyridines is 1. The van der Waals surface area contributed by atoms with Crippen LogP contribution in [0.25, 0.3) is 0 Å². The van der Waals surface area contributed by atoms with E-state index < -0.39 is 22.8 Å². The molecule has 1 fully saturated rings. The van der Waals surface area contributed by atoms with Crippen LogP contribution in [0.3, 0.4) is 0 Å². The van der Waals surface area contributed by atoms with Crippen molar-refractivity contribution in [3.63, 3.8) is 0 Å². The summed E-state index contributed by atoms with van der Waals surface area (Å²) in [6.07, 6.45) is 1.31. The van der Waals surface area contributed by atoms with Crippen molar-refractivity contribution in [3.05, 3.63) is 98.4 Å². The molecular weight excluding hydrogens is 510 g/mol. The van der Waals surface area contributed by atoms with Crippen LogP contribution in [0.5, 0.6) is 0 Å². The maximum atomic E-state index is 13.7. The van der Waals surface area contributed by atoms with E-state index in [2.05, 4.69) is 22.3 Å². The average Bonchev–Trinajstić information content (AvgIpc) is 2.88. The molecule has 0 spiro atoms. The molecule has 0 aliphatic carbocycles. The fourth-order valence-corrected chi connectivity index (χ4v) is 5.11. The van der Waals surface area contributed by atoms with Gasteiger partial charge >= 0.3 is 11.9 Å². The molecule has 4 rings (SSSR count). The number of likely N-dealkylation sites (tertiary alicyclic amines) is 1. The number of ether oxygens (including phenoxy) is 2. The van der Waals surface area contributed by atoms with Crippen molar-refractivity contribution in [2.45, 2.75) is 45.3 Å². The van der Waals surface area contributed by atoms with Crippen molar-refractivity contribution in [2.24, 2.45) is 0 Å². The summed E-state index contributed by atoms with van der Waals surface area (Å²) in [6, 6.07) is 16.1. The molecule has 0 bridgehead atoms. The Morgan fingerprint density at radius 1 is 1.05 bits per heavy atom. The van der Waals surface area contributed by atoms with Crippen LogP contribution in [0.2, 0.25) is 0 Å². The molecule has 2 atom stereocenters. The van der Waals surface area contributed by atoms with E-state index in [0.29, 0.717) is 23.5 Å². The molecule has 0 aromatic heterocycles. The molecule has 0 amide bonds. The van der Waals surface area contributed by atoms with Crippen molar-refractivity contribution in [1.29, 1.82) is 0 Å². The Morgan fingerprint density at radius 3 is 2.39 bits per heavy atom. The lowest BCUT2D eigenvalue weighted by molar-refractivity contribution is -0.384. The van der Waals surface area contributed by atoms with Crippen molar-refractivity contribution < 1.29 is 36.4 Å². The highest BCUT2D eigenvalue weighted by Crippen LogP contribution is 2.40. The molecule has 2 aromatic rings. The molecule has 9 nitrogen and oxygen atoms in total. The molecule has 0 radical (unpaired) electrons. The molecule has 202 valence electrons. The number of nitro benzene ring substituents is 1. The predicted octanol–water partition coefficient (Wildman–Crippen LogP) is 1.21. The summed E-state index contributed by atoms with van der Waals surface area (Å²) in [5, 5.41) is 14.6. The van der Waals surface area contributed by atoms with Gasteiger partial charge in [-0.3, -0.25) is 15.0 Å². The van der Waals surface area contributed by atoms with Crippen molar-refractivity contribution in [2.75, 3.05) is 20.2 Å². The maximum Gasteiger partial charge on any atom is 0.337 e. The number of nitrogens with zero attached hydrogens (tertiary/aromatic N) is 2. The molecule has 2 aliphatic rings. The Kier molecular flexibility index (Phi) is 9.66. The molecule has 1 N–H and O–H groups in total. The van der Waals surface area contributed by atoms with Gasteiger partial charge in [-0.25, -0.2) is 9.59 Å². The zero-order valence-corrected chi connectivity index (χ0v) is 22.4. The highest BCUT2D eigenvalue weighted by atomic mass is 35.5. The first-order valence-electron chi connectivity index (χ1n) is 12.3. The third-order valence-corrected chi connectivity index (χ3v) is 6.78. The number of methoxy groups -OCH3 is 1. The van der Waals surface area contributed by atoms with Crippen LogP contribution < -0.4 is 17.7 Å². The summed E-state index contributed by atoms with van der Waals surface area (Å²) in [5.41, 5.74) is 3.01. The normalized spacial score (nSPS) is 19.8. The summed E-state index contributed by atoms with van der Waals surface area (Å²) < 4.78 is 11.0. The quantitative estimate of drug-likeness (QED) is 0.317. The number of halogens is 1. The lowest BCUT2D eigenvalue weighted by Gasteiger charge is -2.34. The monoisotopic (exact) mass is 540 g/mol. The summed E-state index contributed by atoms with van der Waals surface area (Å²) in [5.74, 6) is -2.04. The van der Waals surface area contributed by atoms with E-state index in [4.69, 9.17) is 9.47 Å². The lowest BCUT2D eigenvalue weighted by Crippen LogP contribution is -3.00. The third kappa shape index (κ3) is 6.41. The summed E-state index contributed by atoms with van der Waals surface area (Å²) in [4.78, 5) is 39.7. The van der Waals surface area contributed by atoms with Gasteiger partial charge < -0.3 is 27.2 Å². The number of rotatable bonds is 7. The number of hydrogen-bond donors (Lipinski definition) is 1. The molecule has 2 heterocycles. The minimum absolute atomic E-state index is 0. The smallest absolute Gasteiger partial charge is 0.337 e. The number of carbonyl (C=O) groups is 2. The Labute approximate surface area is 228 Å².